The maximum atomic E-state index is 12.9. The first-order valence-electron chi connectivity index (χ1n) is 29.0. The second kappa shape index (κ2) is 51.6. The van der Waals surface area contributed by atoms with E-state index in [1.165, 1.54) is 154 Å². The lowest BCUT2D eigenvalue weighted by Gasteiger charge is -2.25. The van der Waals surface area contributed by atoms with E-state index in [0.717, 1.165) is 70.6 Å². The fourth-order valence-electron chi connectivity index (χ4n) is 8.09. The molecule has 0 rings (SSSR count). The molecule has 70 heavy (non-hydrogen) atoms. The van der Waals surface area contributed by atoms with E-state index in [2.05, 4.69) is 92.1 Å². The maximum absolute atomic E-state index is 12.9. The number of hydrogen-bond acceptors (Lipinski definition) is 5. The number of rotatable bonds is 52. The van der Waals surface area contributed by atoms with Gasteiger partial charge in [0, 0.05) is 6.42 Å². The molecule has 9 heteroatoms. The zero-order chi connectivity index (χ0) is 51.3. The number of phosphoric ester groups is 1. The van der Waals surface area contributed by atoms with Crippen LogP contribution in [0.4, 0.5) is 0 Å². The average molecular weight is 1000 g/mol. The first-order valence-corrected chi connectivity index (χ1v) is 30.5. The second-order valence-corrected chi connectivity index (χ2v) is 22.1. The number of amides is 1. The van der Waals surface area contributed by atoms with Gasteiger partial charge in [0.05, 0.1) is 39.9 Å². The smallest absolute Gasteiger partial charge is 0.387 e. The van der Waals surface area contributed by atoms with Crippen LogP contribution < -0.4 is 5.32 Å². The van der Waals surface area contributed by atoms with E-state index >= 15 is 0 Å². The summed E-state index contributed by atoms with van der Waals surface area (Å²) in [4.78, 5) is 23.2. The highest BCUT2D eigenvalue weighted by atomic mass is 31.2. The van der Waals surface area contributed by atoms with Gasteiger partial charge in [-0.3, -0.25) is 13.8 Å². The van der Waals surface area contributed by atoms with Crippen molar-refractivity contribution in [3.63, 3.8) is 0 Å². The van der Waals surface area contributed by atoms with Gasteiger partial charge >= 0.3 is 7.82 Å². The molecule has 3 unspecified atom stereocenters. The van der Waals surface area contributed by atoms with Gasteiger partial charge in [0.15, 0.2) is 0 Å². The fraction of sp³-hybridized carbons (Fsp3) is 0.754. The molecule has 0 saturated carbocycles. The summed E-state index contributed by atoms with van der Waals surface area (Å²) >= 11 is 0. The number of phosphoric acid groups is 1. The van der Waals surface area contributed by atoms with E-state index in [0.29, 0.717) is 17.4 Å². The monoisotopic (exact) mass is 1000 g/mol. The zero-order valence-corrected chi connectivity index (χ0v) is 47.1. The van der Waals surface area contributed by atoms with Crippen LogP contribution in [0.2, 0.25) is 0 Å². The summed E-state index contributed by atoms with van der Waals surface area (Å²) in [5, 5.41) is 13.9. The Labute approximate surface area is 433 Å². The summed E-state index contributed by atoms with van der Waals surface area (Å²) in [6.07, 6.45) is 72.7. The third-order valence-electron chi connectivity index (χ3n) is 12.6. The van der Waals surface area contributed by atoms with Gasteiger partial charge in [0.1, 0.15) is 13.2 Å². The molecule has 0 aliphatic heterocycles. The van der Waals surface area contributed by atoms with E-state index in [-0.39, 0.29) is 19.1 Å². The molecule has 0 aliphatic carbocycles. The molecule has 0 aliphatic rings. The van der Waals surface area contributed by atoms with E-state index < -0.39 is 20.0 Å². The molecule has 8 nitrogen and oxygen atoms in total. The fourth-order valence-corrected chi connectivity index (χ4v) is 8.82. The number of aliphatic hydroxyl groups is 1. The summed E-state index contributed by atoms with van der Waals surface area (Å²) < 4.78 is 23.6. The van der Waals surface area contributed by atoms with Crippen LogP contribution in [0, 0.1) is 0 Å². The third kappa shape index (κ3) is 53.5. The van der Waals surface area contributed by atoms with Crippen molar-refractivity contribution in [2.24, 2.45) is 0 Å². The van der Waals surface area contributed by atoms with Gasteiger partial charge < -0.3 is 19.8 Å². The molecule has 406 valence electrons. The minimum atomic E-state index is -4.35. The summed E-state index contributed by atoms with van der Waals surface area (Å²) in [7, 11) is 1.55. The van der Waals surface area contributed by atoms with Gasteiger partial charge in [0.25, 0.3) is 0 Å². The lowest BCUT2D eigenvalue weighted by atomic mass is 10.0. The summed E-state index contributed by atoms with van der Waals surface area (Å²) in [5.74, 6) is -0.188. The Morgan fingerprint density at radius 2 is 0.871 bits per heavy atom. The Bertz CT molecular complexity index is 1410. The first-order chi connectivity index (χ1) is 34.0. The zero-order valence-electron chi connectivity index (χ0n) is 46.2. The largest absolute Gasteiger partial charge is 0.472 e. The molecule has 0 heterocycles. The van der Waals surface area contributed by atoms with Crippen molar-refractivity contribution < 1.29 is 32.9 Å². The lowest BCUT2D eigenvalue weighted by Crippen LogP contribution is -2.45. The van der Waals surface area contributed by atoms with Gasteiger partial charge in [-0.1, -0.05) is 247 Å². The van der Waals surface area contributed by atoms with Gasteiger partial charge in [-0.25, -0.2) is 4.57 Å². The van der Waals surface area contributed by atoms with Crippen LogP contribution in [-0.4, -0.2) is 73.4 Å². The predicted molar refractivity (Wildman–Crippen MR) is 304 cm³/mol. The van der Waals surface area contributed by atoms with Crippen molar-refractivity contribution in [2.45, 2.75) is 257 Å². The third-order valence-corrected chi connectivity index (χ3v) is 13.6. The molecule has 3 atom stereocenters. The second-order valence-electron chi connectivity index (χ2n) is 20.6. The Hall–Kier alpha value is -2.32. The SMILES string of the molecule is CC/C=C\C/C=C\C/C=C\C/C=C\C/C=C\CCCCCCCCCCCCCCCCCCCCCC(=O)NC(COP(=O)(O)OCC[N+](C)(C)C)C(O)/C=C/CC/C=C/CCCCCCCCC. The van der Waals surface area contributed by atoms with Crippen LogP contribution in [0.1, 0.15) is 245 Å². The number of aliphatic hydroxyl groups excluding tert-OH is 1. The van der Waals surface area contributed by atoms with E-state index in [4.69, 9.17) is 9.05 Å². The number of nitrogens with zero attached hydrogens (tertiary/aromatic N) is 1. The number of hydrogen-bond donors (Lipinski definition) is 3. The van der Waals surface area contributed by atoms with Gasteiger partial charge in [-0.05, 0) is 77.0 Å². The molecule has 0 fully saturated rings. The molecule has 0 aromatic rings. The summed E-state index contributed by atoms with van der Waals surface area (Å²) in [6.45, 7) is 4.67. The average Bonchev–Trinajstić information content (AvgIpc) is 3.32. The quantitative estimate of drug-likeness (QED) is 0.0243. The van der Waals surface area contributed by atoms with Gasteiger partial charge in [-0.15, -0.1) is 0 Å². The molecule has 1 amide bonds. The van der Waals surface area contributed by atoms with E-state index in [1.54, 1.807) is 6.08 Å². The molecular formula is C61H112N2O6P+. The van der Waals surface area contributed by atoms with Crippen LogP contribution in [0.5, 0.6) is 0 Å². The molecule has 0 radical (unpaired) electrons. The number of quaternary nitrogens is 1. The van der Waals surface area contributed by atoms with Crippen molar-refractivity contribution in [3.8, 4) is 0 Å². The molecular weight excluding hydrogens is 888 g/mol. The Morgan fingerprint density at radius 1 is 0.500 bits per heavy atom. The van der Waals surface area contributed by atoms with Gasteiger partial charge in [-0.2, -0.15) is 0 Å². The normalized spacial score (nSPS) is 14.6. The standard InChI is InChI=1S/C61H111N2O6P/c1-6-8-10-12-14-16-18-20-21-22-23-24-25-26-27-28-29-30-31-32-33-34-35-36-37-38-39-40-41-43-45-47-49-51-53-55-61(65)62-59(58-69-70(66,67)68-57-56-63(3,4)5)60(64)54-52-50-48-46-44-42-19-17-15-13-11-9-7-2/h8,10,14,16,20-21,23-24,26-27,44,46,52,54,59-60,64H,6-7,9,11-13,15,17-19,22,25,28-43,45,47-51,53,55-58H2,1-5H3,(H-,62,65,66,67)/p+1/b10-8-,16-14-,21-20-,24-23-,27-26-,46-44+,54-52+. The van der Waals surface area contributed by atoms with Crippen molar-refractivity contribution in [3.05, 3.63) is 85.1 Å². The highest BCUT2D eigenvalue weighted by molar-refractivity contribution is 7.47. The molecule has 0 spiro atoms. The van der Waals surface area contributed by atoms with Crippen molar-refractivity contribution in [1.82, 2.24) is 5.32 Å². The highest BCUT2D eigenvalue weighted by Crippen LogP contribution is 2.43. The summed E-state index contributed by atoms with van der Waals surface area (Å²) in [6, 6.07) is -0.864. The van der Waals surface area contributed by atoms with Crippen molar-refractivity contribution in [2.75, 3.05) is 40.9 Å². The molecule has 3 N–H and O–H groups in total. The van der Waals surface area contributed by atoms with Gasteiger partial charge in [0.2, 0.25) is 5.91 Å². The Kier molecular flexibility index (Phi) is 49.9. The van der Waals surface area contributed by atoms with Crippen LogP contribution in [-0.2, 0) is 18.4 Å². The lowest BCUT2D eigenvalue weighted by molar-refractivity contribution is -0.870. The Balaban J connectivity index is 4.02. The minimum absolute atomic E-state index is 0.0546. The van der Waals surface area contributed by atoms with E-state index in [1.807, 2.05) is 27.2 Å². The van der Waals surface area contributed by atoms with Crippen LogP contribution in [0.3, 0.4) is 0 Å². The molecule has 0 aromatic heterocycles. The van der Waals surface area contributed by atoms with Crippen molar-refractivity contribution in [1.29, 1.82) is 0 Å². The number of nitrogens with one attached hydrogen (secondary N) is 1. The van der Waals surface area contributed by atoms with Crippen molar-refractivity contribution >= 4 is 13.7 Å². The van der Waals surface area contributed by atoms with E-state index in [9.17, 15) is 19.4 Å². The number of likely N-dealkylation sites (N-methyl/N-ethyl adjacent to an activating group) is 1. The molecule has 0 saturated heterocycles. The first kappa shape index (κ1) is 67.7. The number of allylic oxidation sites excluding steroid dienone is 13. The van der Waals surface area contributed by atoms with Crippen LogP contribution in [0.25, 0.3) is 0 Å². The highest BCUT2D eigenvalue weighted by Gasteiger charge is 2.27. The molecule has 0 bridgehead atoms. The topological polar surface area (TPSA) is 105 Å². The Morgan fingerprint density at radius 3 is 1.31 bits per heavy atom. The van der Waals surface area contributed by atoms with Crippen LogP contribution in [0.15, 0.2) is 85.1 Å². The predicted octanol–water partition coefficient (Wildman–Crippen LogP) is 17.6. The maximum Gasteiger partial charge on any atom is 0.472 e. The molecule has 0 aromatic carbocycles. The number of unbranched alkanes of at least 4 members (excludes halogenated alkanes) is 27. The van der Waals surface area contributed by atoms with Crippen LogP contribution >= 0.6 is 7.82 Å². The number of carbonyl (C=O) groups is 1. The number of carbonyl (C=O) groups excluding carboxylic acids is 1. The minimum Gasteiger partial charge on any atom is -0.387 e. The summed E-state index contributed by atoms with van der Waals surface area (Å²) in [5.41, 5.74) is 0.